The summed E-state index contributed by atoms with van der Waals surface area (Å²) < 4.78 is 5.04. The van der Waals surface area contributed by atoms with Gasteiger partial charge in [-0.15, -0.1) is 0 Å². The molecule has 2 nitrogen and oxygen atoms in total. The van der Waals surface area contributed by atoms with Crippen molar-refractivity contribution in [1.82, 2.24) is 0 Å². The summed E-state index contributed by atoms with van der Waals surface area (Å²) >= 11 is 0. The molecule has 1 atom stereocenters. The van der Waals surface area contributed by atoms with Crippen LogP contribution in [0.2, 0.25) is 0 Å². The molecule has 0 bridgehead atoms. The van der Waals surface area contributed by atoms with Crippen molar-refractivity contribution in [2.45, 2.75) is 26.7 Å². The second kappa shape index (κ2) is 6.11. The Balaban J connectivity index is 2.62. The maximum Gasteiger partial charge on any atom is 0.314 e. The van der Waals surface area contributed by atoms with Gasteiger partial charge in [-0.05, 0) is 25.3 Å². The summed E-state index contributed by atoms with van der Waals surface area (Å²) in [5.74, 6) is 0.189. The molecule has 0 spiro atoms. The Labute approximate surface area is 96.9 Å². The first-order valence-corrected chi connectivity index (χ1v) is 5.54. The predicted molar refractivity (Wildman–Crippen MR) is 64.8 cm³/mol. The molecular weight excluding hydrogens is 200 g/mol. The summed E-state index contributed by atoms with van der Waals surface area (Å²) in [4.78, 5) is 11.7. The van der Waals surface area contributed by atoms with E-state index in [1.807, 2.05) is 37.3 Å². The second-order valence-electron chi connectivity index (χ2n) is 3.92. The largest absolute Gasteiger partial charge is 0.432 e. The third-order valence-corrected chi connectivity index (χ3v) is 2.43. The lowest BCUT2D eigenvalue weighted by molar-refractivity contribution is -0.144. The zero-order chi connectivity index (χ0) is 12.0. The van der Waals surface area contributed by atoms with E-state index in [0.717, 1.165) is 18.4 Å². The summed E-state index contributed by atoms with van der Waals surface area (Å²) in [5, 5.41) is 0. The van der Waals surface area contributed by atoms with Crippen molar-refractivity contribution in [3.63, 3.8) is 0 Å². The Kier molecular flexibility index (Phi) is 4.77. The zero-order valence-electron chi connectivity index (χ0n) is 9.90. The topological polar surface area (TPSA) is 26.3 Å². The van der Waals surface area contributed by atoms with Crippen molar-refractivity contribution in [3.05, 3.63) is 48.2 Å². The Bertz CT molecular complexity index is 354. The van der Waals surface area contributed by atoms with Crippen molar-refractivity contribution in [3.8, 4) is 0 Å². The minimum atomic E-state index is -0.182. The molecule has 2 heteroatoms. The lowest BCUT2D eigenvalue weighted by Gasteiger charge is -2.13. The number of allylic oxidation sites excluding steroid dienone is 1. The van der Waals surface area contributed by atoms with E-state index >= 15 is 0 Å². The quantitative estimate of drug-likeness (QED) is 0.559. The predicted octanol–water partition coefficient (Wildman–Crippen LogP) is 3.33. The SMILES string of the molecule is C=C(C)OC(=O)C(CC)Cc1ccccc1. The molecule has 0 aliphatic rings. The average Bonchev–Trinajstić information content (AvgIpc) is 2.26. The van der Waals surface area contributed by atoms with Gasteiger partial charge in [0.25, 0.3) is 0 Å². The summed E-state index contributed by atoms with van der Waals surface area (Å²) in [7, 11) is 0. The molecule has 86 valence electrons. The third-order valence-electron chi connectivity index (χ3n) is 2.43. The third kappa shape index (κ3) is 3.89. The Morgan fingerprint density at radius 1 is 1.38 bits per heavy atom. The van der Waals surface area contributed by atoms with Gasteiger partial charge in [-0.3, -0.25) is 4.79 Å². The van der Waals surface area contributed by atoms with Crippen molar-refractivity contribution >= 4 is 5.97 Å². The van der Waals surface area contributed by atoms with Crippen molar-refractivity contribution in [2.75, 3.05) is 0 Å². The fourth-order valence-electron chi connectivity index (χ4n) is 1.55. The first-order valence-electron chi connectivity index (χ1n) is 5.54. The van der Waals surface area contributed by atoms with Gasteiger partial charge in [-0.2, -0.15) is 0 Å². The van der Waals surface area contributed by atoms with E-state index in [1.165, 1.54) is 0 Å². The van der Waals surface area contributed by atoms with Crippen molar-refractivity contribution in [2.24, 2.45) is 5.92 Å². The molecule has 0 aliphatic heterocycles. The summed E-state index contributed by atoms with van der Waals surface area (Å²) in [6, 6.07) is 9.97. The molecule has 0 radical (unpaired) electrons. The molecule has 16 heavy (non-hydrogen) atoms. The molecule has 0 saturated heterocycles. The van der Waals surface area contributed by atoms with Gasteiger partial charge in [0.1, 0.15) is 0 Å². The Morgan fingerprint density at radius 3 is 2.50 bits per heavy atom. The number of esters is 1. The maximum absolute atomic E-state index is 11.7. The van der Waals surface area contributed by atoms with Crippen LogP contribution < -0.4 is 0 Å². The van der Waals surface area contributed by atoms with E-state index in [4.69, 9.17) is 4.74 Å². The van der Waals surface area contributed by atoms with Gasteiger partial charge in [-0.25, -0.2) is 0 Å². The number of benzene rings is 1. The fourth-order valence-corrected chi connectivity index (χ4v) is 1.55. The first-order chi connectivity index (χ1) is 7.63. The number of ether oxygens (including phenoxy) is 1. The van der Waals surface area contributed by atoms with Gasteiger partial charge in [0.05, 0.1) is 11.7 Å². The monoisotopic (exact) mass is 218 g/mol. The van der Waals surface area contributed by atoms with Crippen LogP contribution in [0.3, 0.4) is 0 Å². The van der Waals surface area contributed by atoms with Crippen LogP contribution in [-0.4, -0.2) is 5.97 Å². The molecule has 1 unspecified atom stereocenters. The van der Waals surface area contributed by atoms with Gasteiger partial charge >= 0.3 is 5.97 Å². The van der Waals surface area contributed by atoms with E-state index in [0.29, 0.717) is 5.76 Å². The normalized spacial score (nSPS) is 11.9. The molecule has 0 N–H and O–H groups in total. The van der Waals surface area contributed by atoms with Crippen molar-refractivity contribution < 1.29 is 9.53 Å². The maximum atomic E-state index is 11.7. The van der Waals surface area contributed by atoms with E-state index in [9.17, 15) is 4.79 Å². The average molecular weight is 218 g/mol. The van der Waals surface area contributed by atoms with E-state index < -0.39 is 0 Å². The summed E-state index contributed by atoms with van der Waals surface area (Å²) in [6.07, 6.45) is 1.50. The van der Waals surface area contributed by atoms with Gasteiger partial charge in [0, 0.05) is 0 Å². The molecule has 1 aromatic carbocycles. The molecule has 1 rings (SSSR count). The van der Waals surface area contributed by atoms with E-state index in [1.54, 1.807) is 6.92 Å². The molecular formula is C14H18O2. The molecule has 0 saturated carbocycles. The zero-order valence-corrected chi connectivity index (χ0v) is 9.90. The van der Waals surface area contributed by atoms with E-state index in [-0.39, 0.29) is 11.9 Å². The molecule has 1 aromatic rings. The lowest BCUT2D eigenvalue weighted by Crippen LogP contribution is -2.18. The number of hydrogen-bond acceptors (Lipinski definition) is 2. The highest BCUT2D eigenvalue weighted by Gasteiger charge is 2.18. The number of hydrogen-bond donors (Lipinski definition) is 0. The molecule has 0 heterocycles. The van der Waals surface area contributed by atoms with Gasteiger partial charge < -0.3 is 4.74 Å². The fraction of sp³-hybridized carbons (Fsp3) is 0.357. The van der Waals surface area contributed by atoms with Crippen LogP contribution in [0.25, 0.3) is 0 Å². The molecule has 0 amide bonds. The Morgan fingerprint density at radius 2 is 2.00 bits per heavy atom. The summed E-state index contributed by atoms with van der Waals surface area (Å²) in [6.45, 7) is 7.26. The van der Waals surface area contributed by atoms with Crippen LogP contribution in [0.5, 0.6) is 0 Å². The highest BCUT2D eigenvalue weighted by molar-refractivity contribution is 5.73. The second-order valence-corrected chi connectivity index (χ2v) is 3.92. The van der Waals surface area contributed by atoms with Gasteiger partial charge in [0.2, 0.25) is 0 Å². The van der Waals surface area contributed by atoms with Crippen LogP contribution >= 0.6 is 0 Å². The molecule has 0 aliphatic carbocycles. The highest BCUT2D eigenvalue weighted by Crippen LogP contribution is 2.15. The summed E-state index contributed by atoms with van der Waals surface area (Å²) in [5.41, 5.74) is 1.16. The minimum Gasteiger partial charge on any atom is -0.432 e. The molecule has 0 fully saturated rings. The van der Waals surface area contributed by atoms with Crippen LogP contribution in [0, 0.1) is 5.92 Å². The van der Waals surface area contributed by atoms with Gasteiger partial charge in [-0.1, -0.05) is 43.8 Å². The molecule has 0 aromatic heterocycles. The number of rotatable bonds is 5. The smallest absolute Gasteiger partial charge is 0.314 e. The van der Waals surface area contributed by atoms with Crippen LogP contribution in [0.15, 0.2) is 42.7 Å². The number of carbonyl (C=O) groups is 1. The van der Waals surface area contributed by atoms with Gasteiger partial charge in [0.15, 0.2) is 0 Å². The standard InChI is InChI=1S/C14H18O2/c1-4-13(14(15)16-11(2)3)10-12-8-6-5-7-9-12/h5-9,13H,2,4,10H2,1,3H3. The first kappa shape index (κ1) is 12.5. The van der Waals surface area contributed by atoms with Crippen LogP contribution in [-0.2, 0) is 16.0 Å². The highest BCUT2D eigenvalue weighted by atomic mass is 16.5. The van der Waals surface area contributed by atoms with E-state index in [2.05, 4.69) is 6.58 Å². The lowest BCUT2D eigenvalue weighted by atomic mass is 9.97. The Hall–Kier alpha value is -1.57. The minimum absolute atomic E-state index is 0.0842. The van der Waals surface area contributed by atoms with Crippen LogP contribution in [0.4, 0.5) is 0 Å². The van der Waals surface area contributed by atoms with Crippen LogP contribution in [0.1, 0.15) is 25.8 Å². The van der Waals surface area contributed by atoms with Crippen molar-refractivity contribution in [1.29, 1.82) is 0 Å². The number of carbonyl (C=O) groups excluding carboxylic acids is 1.